The van der Waals surface area contributed by atoms with Gasteiger partial charge in [-0.15, -0.1) is 0 Å². The fourth-order valence-corrected chi connectivity index (χ4v) is 1.97. The van der Waals surface area contributed by atoms with E-state index in [1.54, 1.807) is 18.2 Å². The van der Waals surface area contributed by atoms with Gasteiger partial charge in [-0.25, -0.2) is 0 Å². The van der Waals surface area contributed by atoms with Crippen molar-refractivity contribution in [1.29, 1.82) is 0 Å². The third-order valence-corrected chi connectivity index (χ3v) is 3.01. The Morgan fingerprint density at radius 2 is 2.28 bits per heavy atom. The minimum absolute atomic E-state index is 0.0956. The molecule has 2 amide bonds. The first kappa shape index (κ1) is 12.9. The van der Waals surface area contributed by atoms with Crippen LogP contribution >= 0.6 is 11.6 Å². The summed E-state index contributed by atoms with van der Waals surface area (Å²) >= 11 is 5.85. The Morgan fingerprint density at radius 1 is 1.50 bits per heavy atom. The average molecular weight is 268 g/mol. The Balaban J connectivity index is 2.00. The molecule has 1 saturated heterocycles. The minimum atomic E-state index is -0.405. The number of aryl methyl sites for hydroxylation is 1. The standard InChI is InChI=1S/C12H14ClN3O2/c1-7-4-8(13)2-3-9(7)16-12(18)10-5-15-11(17)6-14-10/h2-4,10,14H,5-6H2,1H3,(H,15,17)(H,16,18). The highest BCUT2D eigenvalue weighted by Crippen LogP contribution is 2.19. The van der Waals surface area contributed by atoms with Crippen molar-refractivity contribution >= 4 is 29.1 Å². The van der Waals surface area contributed by atoms with Gasteiger partial charge < -0.3 is 10.6 Å². The predicted octanol–water partition coefficient (Wildman–Crippen LogP) is 0.675. The van der Waals surface area contributed by atoms with Crippen LogP contribution in [-0.4, -0.2) is 30.9 Å². The zero-order valence-electron chi connectivity index (χ0n) is 9.92. The highest BCUT2D eigenvalue weighted by atomic mass is 35.5. The van der Waals surface area contributed by atoms with Crippen molar-refractivity contribution in [2.75, 3.05) is 18.4 Å². The van der Waals surface area contributed by atoms with Crippen LogP contribution in [0.1, 0.15) is 5.56 Å². The van der Waals surface area contributed by atoms with Crippen molar-refractivity contribution in [2.24, 2.45) is 0 Å². The van der Waals surface area contributed by atoms with E-state index in [1.165, 1.54) is 0 Å². The van der Waals surface area contributed by atoms with Crippen molar-refractivity contribution in [3.63, 3.8) is 0 Å². The zero-order chi connectivity index (χ0) is 13.1. The third-order valence-electron chi connectivity index (χ3n) is 2.78. The summed E-state index contributed by atoms with van der Waals surface area (Å²) in [6.07, 6.45) is 0. The number of nitrogens with one attached hydrogen (secondary N) is 3. The van der Waals surface area contributed by atoms with Crippen LogP contribution in [0.3, 0.4) is 0 Å². The number of hydrogen-bond acceptors (Lipinski definition) is 3. The highest BCUT2D eigenvalue weighted by Gasteiger charge is 2.23. The Bertz CT molecular complexity index is 480. The van der Waals surface area contributed by atoms with E-state index in [-0.39, 0.29) is 18.4 Å². The molecule has 1 atom stereocenters. The summed E-state index contributed by atoms with van der Waals surface area (Å²) in [6.45, 7) is 2.34. The fraction of sp³-hybridized carbons (Fsp3) is 0.333. The maximum absolute atomic E-state index is 12.0. The lowest BCUT2D eigenvalue weighted by Gasteiger charge is -2.23. The van der Waals surface area contributed by atoms with Gasteiger partial charge in [0.1, 0.15) is 6.04 Å². The van der Waals surface area contributed by atoms with Gasteiger partial charge in [-0.2, -0.15) is 0 Å². The van der Waals surface area contributed by atoms with Gasteiger partial charge in [0.15, 0.2) is 0 Å². The van der Waals surface area contributed by atoms with Gasteiger partial charge >= 0.3 is 0 Å². The van der Waals surface area contributed by atoms with Crippen molar-refractivity contribution in [3.05, 3.63) is 28.8 Å². The molecule has 0 radical (unpaired) electrons. The molecule has 1 heterocycles. The maximum Gasteiger partial charge on any atom is 0.243 e. The largest absolute Gasteiger partial charge is 0.353 e. The van der Waals surface area contributed by atoms with Crippen molar-refractivity contribution in [1.82, 2.24) is 10.6 Å². The summed E-state index contributed by atoms with van der Waals surface area (Å²) < 4.78 is 0. The second-order valence-corrected chi connectivity index (χ2v) is 4.62. The molecule has 2 rings (SSSR count). The summed E-state index contributed by atoms with van der Waals surface area (Å²) in [6, 6.07) is 4.86. The lowest BCUT2D eigenvalue weighted by molar-refractivity contribution is -0.124. The first-order valence-corrected chi connectivity index (χ1v) is 6.01. The van der Waals surface area contributed by atoms with E-state index in [0.717, 1.165) is 11.3 Å². The van der Waals surface area contributed by atoms with E-state index in [9.17, 15) is 9.59 Å². The second-order valence-electron chi connectivity index (χ2n) is 4.19. The summed E-state index contributed by atoms with van der Waals surface area (Å²) in [5, 5.41) is 8.95. The smallest absolute Gasteiger partial charge is 0.243 e. The summed E-state index contributed by atoms with van der Waals surface area (Å²) in [7, 11) is 0. The van der Waals surface area contributed by atoms with Crippen LogP contribution in [0.4, 0.5) is 5.69 Å². The topological polar surface area (TPSA) is 70.2 Å². The third kappa shape index (κ3) is 3.00. The zero-order valence-corrected chi connectivity index (χ0v) is 10.7. The Hall–Kier alpha value is -1.59. The molecule has 0 aromatic heterocycles. The number of amides is 2. The van der Waals surface area contributed by atoms with E-state index in [0.29, 0.717) is 11.6 Å². The van der Waals surface area contributed by atoms with E-state index in [1.807, 2.05) is 6.92 Å². The van der Waals surface area contributed by atoms with Crippen LogP contribution in [0.2, 0.25) is 5.02 Å². The van der Waals surface area contributed by atoms with Gasteiger partial charge in [0.05, 0.1) is 6.54 Å². The Kier molecular flexibility index (Phi) is 3.84. The molecule has 6 heteroatoms. The normalized spacial score (nSPS) is 19.2. The summed E-state index contributed by atoms with van der Waals surface area (Å²) in [4.78, 5) is 22.9. The van der Waals surface area contributed by atoms with Crippen molar-refractivity contribution in [3.8, 4) is 0 Å². The molecule has 1 aliphatic rings. The number of benzene rings is 1. The fourth-order valence-electron chi connectivity index (χ4n) is 1.74. The van der Waals surface area contributed by atoms with Crippen LogP contribution in [0, 0.1) is 6.92 Å². The molecule has 3 N–H and O–H groups in total. The molecule has 1 aromatic carbocycles. The minimum Gasteiger partial charge on any atom is -0.353 e. The number of halogens is 1. The maximum atomic E-state index is 12.0. The lowest BCUT2D eigenvalue weighted by Crippen LogP contribution is -2.56. The van der Waals surface area contributed by atoms with Crippen LogP contribution in [0.5, 0.6) is 0 Å². The van der Waals surface area contributed by atoms with Gasteiger partial charge in [-0.3, -0.25) is 14.9 Å². The monoisotopic (exact) mass is 267 g/mol. The highest BCUT2D eigenvalue weighted by molar-refractivity contribution is 6.30. The number of hydrogen-bond donors (Lipinski definition) is 3. The van der Waals surface area contributed by atoms with Crippen molar-refractivity contribution < 1.29 is 9.59 Å². The molecule has 0 spiro atoms. The molecule has 0 saturated carbocycles. The van der Waals surface area contributed by atoms with E-state index in [2.05, 4.69) is 16.0 Å². The molecule has 0 bridgehead atoms. The van der Waals surface area contributed by atoms with Crippen molar-refractivity contribution in [2.45, 2.75) is 13.0 Å². The van der Waals surface area contributed by atoms with Crippen LogP contribution in [0.25, 0.3) is 0 Å². The van der Waals surface area contributed by atoms with Crippen LogP contribution in [0.15, 0.2) is 18.2 Å². The van der Waals surface area contributed by atoms with Gasteiger partial charge in [0.25, 0.3) is 0 Å². The van der Waals surface area contributed by atoms with Gasteiger partial charge in [0, 0.05) is 17.3 Å². The Labute approximate surface area is 110 Å². The number of piperazine rings is 1. The summed E-state index contributed by atoms with van der Waals surface area (Å²) in [5.41, 5.74) is 1.62. The number of rotatable bonds is 2. The number of anilines is 1. The molecule has 96 valence electrons. The molecule has 5 nitrogen and oxygen atoms in total. The average Bonchev–Trinajstić information content (AvgIpc) is 2.33. The van der Waals surface area contributed by atoms with Gasteiger partial charge in [0.2, 0.25) is 11.8 Å². The first-order chi connectivity index (χ1) is 8.56. The summed E-state index contributed by atoms with van der Waals surface area (Å²) in [5.74, 6) is -0.262. The molecule has 1 fully saturated rings. The molecular formula is C12H14ClN3O2. The molecule has 18 heavy (non-hydrogen) atoms. The predicted molar refractivity (Wildman–Crippen MR) is 69.6 cm³/mol. The number of carbonyl (C=O) groups is 2. The second kappa shape index (κ2) is 5.37. The SMILES string of the molecule is Cc1cc(Cl)ccc1NC(=O)C1CNC(=O)CN1. The Morgan fingerprint density at radius 3 is 2.89 bits per heavy atom. The molecular weight excluding hydrogens is 254 g/mol. The van der Waals surface area contributed by atoms with E-state index < -0.39 is 6.04 Å². The van der Waals surface area contributed by atoms with E-state index >= 15 is 0 Å². The first-order valence-electron chi connectivity index (χ1n) is 5.63. The molecule has 0 aliphatic carbocycles. The quantitative estimate of drug-likeness (QED) is 0.738. The van der Waals surface area contributed by atoms with E-state index in [4.69, 9.17) is 11.6 Å². The van der Waals surface area contributed by atoms with Gasteiger partial charge in [-0.05, 0) is 30.7 Å². The molecule has 1 unspecified atom stereocenters. The van der Waals surface area contributed by atoms with Crippen LogP contribution in [-0.2, 0) is 9.59 Å². The lowest BCUT2D eigenvalue weighted by atomic mass is 10.1. The van der Waals surface area contributed by atoms with Crippen LogP contribution < -0.4 is 16.0 Å². The molecule has 1 aromatic rings. The molecule has 1 aliphatic heterocycles. The number of carbonyl (C=O) groups excluding carboxylic acids is 2. The van der Waals surface area contributed by atoms with Gasteiger partial charge in [-0.1, -0.05) is 11.6 Å².